The number of aryl methyl sites for hydroxylation is 2. The first-order valence-electron chi connectivity index (χ1n) is 6.10. The molecule has 1 atom stereocenters. The van der Waals surface area contributed by atoms with Crippen LogP contribution in [0.1, 0.15) is 34.8 Å². The highest BCUT2D eigenvalue weighted by Gasteiger charge is 2.38. The number of aromatic nitrogens is 1. The molecule has 3 rings (SSSR count). The third-order valence-electron chi connectivity index (χ3n) is 3.76. The van der Waals surface area contributed by atoms with Crippen LogP contribution < -0.4 is 5.32 Å². The van der Waals surface area contributed by atoms with Gasteiger partial charge in [-0.3, -0.25) is 0 Å². The van der Waals surface area contributed by atoms with Crippen molar-refractivity contribution in [2.24, 2.45) is 0 Å². The Morgan fingerprint density at radius 3 is 2.94 bits per heavy atom. The Balaban J connectivity index is 1.96. The van der Waals surface area contributed by atoms with Gasteiger partial charge in [-0.25, -0.2) is 4.98 Å². The van der Waals surface area contributed by atoms with Gasteiger partial charge in [0.1, 0.15) is 5.01 Å². The predicted octanol–water partition coefficient (Wildman–Crippen LogP) is 1.86. The van der Waals surface area contributed by atoms with Gasteiger partial charge in [-0.05, 0) is 39.2 Å². The van der Waals surface area contributed by atoms with Gasteiger partial charge in [0, 0.05) is 11.5 Å². The zero-order valence-electron chi connectivity index (χ0n) is 9.71. The molecule has 2 aliphatic rings. The van der Waals surface area contributed by atoms with E-state index < -0.39 is 0 Å². The Hall–Kier alpha value is -0.450. The van der Waals surface area contributed by atoms with Gasteiger partial charge in [0.15, 0.2) is 0 Å². The quantitative estimate of drug-likeness (QED) is 0.854. The molecule has 1 aliphatic carbocycles. The van der Waals surface area contributed by atoms with Crippen molar-refractivity contribution in [1.29, 1.82) is 0 Å². The highest BCUT2D eigenvalue weighted by Crippen LogP contribution is 2.36. The van der Waals surface area contributed by atoms with E-state index >= 15 is 0 Å². The zero-order valence-corrected chi connectivity index (χ0v) is 10.5. The van der Waals surface area contributed by atoms with Crippen LogP contribution in [0.3, 0.4) is 0 Å². The lowest BCUT2D eigenvalue weighted by atomic mass is 9.99. The molecule has 16 heavy (non-hydrogen) atoms. The highest BCUT2D eigenvalue weighted by molar-refractivity contribution is 7.11. The predicted molar refractivity (Wildman–Crippen MR) is 64.9 cm³/mol. The van der Waals surface area contributed by atoms with Crippen molar-refractivity contribution in [3.8, 4) is 0 Å². The SMILES string of the molecule is CNC1(c2nc3c(s2)CCCC3)CCOC1. The molecule has 1 aliphatic heterocycles. The van der Waals surface area contributed by atoms with Crippen LogP contribution in [0.5, 0.6) is 0 Å². The molecule has 1 unspecified atom stereocenters. The number of ether oxygens (including phenoxy) is 1. The molecule has 0 saturated carbocycles. The maximum atomic E-state index is 5.54. The summed E-state index contributed by atoms with van der Waals surface area (Å²) in [4.78, 5) is 6.37. The summed E-state index contributed by atoms with van der Waals surface area (Å²) in [5.41, 5.74) is 1.36. The average Bonchev–Trinajstić information content (AvgIpc) is 2.96. The van der Waals surface area contributed by atoms with Crippen molar-refractivity contribution >= 4 is 11.3 Å². The highest BCUT2D eigenvalue weighted by atomic mass is 32.1. The molecular weight excluding hydrogens is 220 g/mol. The molecule has 1 aromatic heterocycles. The van der Waals surface area contributed by atoms with Crippen LogP contribution in [0, 0.1) is 0 Å². The van der Waals surface area contributed by atoms with Crippen molar-refractivity contribution in [2.75, 3.05) is 20.3 Å². The van der Waals surface area contributed by atoms with Crippen LogP contribution in [-0.4, -0.2) is 25.2 Å². The summed E-state index contributed by atoms with van der Waals surface area (Å²) in [5, 5.41) is 4.68. The molecule has 1 N–H and O–H groups in total. The van der Waals surface area contributed by atoms with Crippen molar-refractivity contribution in [3.05, 3.63) is 15.6 Å². The molecule has 3 nitrogen and oxygen atoms in total. The summed E-state index contributed by atoms with van der Waals surface area (Å²) in [7, 11) is 2.02. The topological polar surface area (TPSA) is 34.2 Å². The van der Waals surface area contributed by atoms with Gasteiger partial charge in [0.05, 0.1) is 17.8 Å². The maximum Gasteiger partial charge on any atom is 0.116 e. The van der Waals surface area contributed by atoms with Gasteiger partial charge >= 0.3 is 0 Å². The Kier molecular flexibility index (Phi) is 2.73. The number of thiazole rings is 1. The molecule has 2 heterocycles. The number of likely N-dealkylation sites (N-methyl/N-ethyl adjacent to an activating group) is 1. The van der Waals surface area contributed by atoms with E-state index in [1.165, 1.54) is 41.3 Å². The van der Waals surface area contributed by atoms with Crippen LogP contribution in [0.2, 0.25) is 0 Å². The van der Waals surface area contributed by atoms with Gasteiger partial charge in [-0.2, -0.15) is 0 Å². The summed E-state index contributed by atoms with van der Waals surface area (Å²) < 4.78 is 5.54. The average molecular weight is 238 g/mol. The molecule has 1 fully saturated rings. The number of nitrogens with zero attached hydrogens (tertiary/aromatic N) is 1. The van der Waals surface area contributed by atoms with Gasteiger partial charge in [-0.1, -0.05) is 0 Å². The van der Waals surface area contributed by atoms with E-state index in [-0.39, 0.29) is 5.54 Å². The number of nitrogens with one attached hydrogen (secondary N) is 1. The van der Waals surface area contributed by atoms with E-state index in [0.29, 0.717) is 0 Å². The number of hydrogen-bond donors (Lipinski definition) is 1. The van der Waals surface area contributed by atoms with E-state index in [1.807, 2.05) is 18.4 Å². The van der Waals surface area contributed by atoms with E-state index in [0.717, 1.165) is 19.6 Å². The number of rotatable bonds is 2. The van der Waals surface area contributed by atoms with Gasteiger partial charge in [-0.15, -0.1) is 11.3 Å². The van der Waals surface area contributed by atoms with Crippen molar-refractivity contribution < 1.29 is 4.74 Å². The minimum atomic E-state index is 0.00199. The molecule has 88 valence electrons. The lowest BCUT2D eigenvalue weighted by molar-refractivity contribution is 0.169. The largest absolute Gasteiger partial charge is 0.379 e. The molecule has 0 spiro atoms. The molecule has 0 aromatic carbocycles. The number of fused-ring (bicyclic) bond motifs is 1. The Morgan fingerprint density at radius 2 is 2.25 bits per heavy atom. The van der Waals surface area contributed by atoms with Crippen molar-refractivity contribution in [1.82, 2.24) is 10.3 Å². The fourth-order valence-corrected chi connectivity index (χ4v) is 3.95. The lowest BCUT2D eigenvalue weighted by Gasteiger charge is -2.23. The van der Waals surface area contributed by atoms with Gasteiger partial charge in [0.2, 0.25) is 0 Å². The number of hydrogen-bond acceptors (Lipinski definition) is 4. The second-order valence-electron chi connectivity index (χ2n) is 4.73. The van der Waals surface area contributed by atoms with Gasteiger partial charge < -0.3 is 10.1 Å². The van der Waals surface area contributed by atoms with Crippen molar-refractivity contribution in [2.45, 2.75) is 37.6 Å². The van der Waals surface area contributed by atoms with Crippen LogP contribution in [-0.2, 0) is 23.1 Å². The normalized spacial score (nSPS) is 29.3. The summed E-state index contributed by atoms with van der Waals surface area (Å²) in [6.07, 6.45) is 6.09. The van der Waals surface area contributed by atoms with E-state index in [2.05, 4.69) is 5.32 Å². The van der Waals surface area contributed by atoms with E-state index in [4.69, 9.17) is 9.72 Å². The van der Waals surface area contributed by atoms with Crippen LogP contribution in [0.4, 0.5) is 0 Å². The van der Waals surface area contributed by atoms with Crippen LogP contribution in [0.25, 0.3) is 0 Å². The molecule has 0 radical (unpaired) electrons. The summed E-state index contributed by atoms with van der Waals surface area (Å²) in [6, 6.07) is 0. The Labute approximate surface area is 100 Å². The van der Waals surface area contributed by atoms with E-state index in [1.54, 1.807) is 0 Å². The van der Waals surface area contributed by atoms with Crippen LogP contribution >= 0.6 is 11.3 Å². The third-order valence-corrected chi connectivity index (χ3v) is 5.12. The first-order chi connectivity index (χ1) is 7.84. The van der Waals surface area contributed by atoms with Gasteiger partial charge in [0.25, 0.3) is 0 Å². The minimum Gasteiger partial charge on any atom is -0.379 e. The molecule has 1 saturated heterocycles. The molecule has 0 bridgehead atoms. The smallest absolute Gasteiger partial charge is 0.116 e. The first kappa shape index (κ1) is 10.7. The first-order valence-corrected chi connectivity index (χ1v) is 6.91. The molecule has 4 heteroatoms. The molecule has 0 amide bonds. The fourth-order valence-electron chi connectivity index (χ4n) is 2.59. The summed E-state index contributed by atoms with van der Waals surface area (Å²) >= 11 is 1.90. The Bertz CT molecular complexity index is 359. The third kappa shape index (κ3) is 1.60. The molecular formula is C12H18N2OS. The Morgan fingerprint density at radius 1 is 1.38 bits per heavy atom. The summed E-state index contributed by atoms with van der Waals surface area (Å²) in [6.45, 7) is 1.63. The van der Waals surface area contributed by atoms with Crippen molar-refractivity contribution in [3.63, 3.8) is 0 Å². The summed E-state index contributed by atoms with van der Waals surface area (Å²) in [5.74, 6) is 0. The maximum absolute atomic E-state index is 5.54. The lowest BCUT2D eigenvalue weighted by Crippen LogP contribution is -2.40. The van der Waals surface area contributed by atoms with E-state index in [9.17, 15) is 0 Å². The second kappa shape index (κ2) is 4.09. The second-order valence-corrected chi connectivity index (χ2v) is 5.81. The standard InChI is InChI=1S/C12H18N2OS/c1-13-12(6-7-15-8-12)11-14-9-4-2-3-5-10(9)16-11/h13H,2-8H2,1H3. The van der Waals surface area contributed by atoms with Crippen LogP contribution in [0.15, 0.2) is 0 Å². The molecule has 1 aromatic rings. The monoisotopic (exact) mass is 238 g/mol. The minimum absolute atomic E-state index is 0.00199. The zero-order chi connectivity index (χ0) is 11.0. The fraction of sp³-hybridized carbons (Fsp3) is 0.750.